The van der Waals surface area contributed by atoms with E-state index in [9.17, 15) is 14.4 Å². The molecule has 0 aliphatic heterocycles. The first-order chi connectivity index (χ1) is 34.0. The highest BCUT2D eigenvalue weighted by molar-refractivity contribution is 5.73. The fourth-order valence-corrected chi connectivity index (χ4v) is 17.9. The largest absolute Gasteiger partial charge is 0.482 e. The Morgan fingerprint density at radius 3 is 0.986 bits per heavy atom. The molecular formula is C62H78O9. The van der Waals surface area contributed by atoms with Crippen LogP contribution in [0.2, 0.25) is 0 Å². The predicted octanol–water partition coefficient (Wildman–Crippen LogP) is 12.2. The van der Waals surface area contributed by atoms with E-state index < -0.39 is 16.8 Å². The fourth-order valence-electron chi connectivity index (χ4n) is 17.9. The summed E-state index contributed by atoms with van der Waals surface area (Å²) in [5.74, 6) is 8.05. The second-order valence-electron chi connectivity index (χ2n) is 25.7. The van der Waals surface area contributed by atoms with Gasteiger partial charge in [0.2, 0.25) is 0 Å². The summed E-state index contributed by atoms with van der Waals surface area (Å²) in [5.41, 5.74) is 5.46. The summed E-state index contributed by atoms with van der Waals surface area (Å²) in [6, 6.07) is 16.4. The van der Waals surface area contributed by atoms with Gasteiger partial charge in [-0.15, -0.1) is 0 Å². The van der Waals surface area contributed by atoms with Crippen molar-refractivity contribution in [2.75, 3.05) is 19.8 Å². The van der Waals surface area contributed by atoms with Gasteiger partial charge in [-0.25, -0.2) is 14.4 Å². The Labute approximate surface area is 422 Å². The number of rotatable bonds is 16. The van der Waals surface area contributed by atoms with Crippen LogP contribution in [0.15, 0.2) is 48.5 Å². The molecule has 0 unspecified atom stereocenters. The molecule has 12 bridgehead atoms. The Balaban J connectivity index is 0.793. The molecule has 9 heteroatoms. The van der Waals surface area contributed by atoms with Gasteiger partial charge in [-0.05, 0) is 243 Å². The molecular weight excluding hydrogens is 889 g/mol. The maximum atomic E-state index is 14.1. The highest BCUT2D eigenvalue weighted by Gasteiger charge is 2.59. The third kappa shape index (κ3) is 8.97. The molecule has 12 fully saturated rings. The summed E-state index contributed by atoms with van der Waals surface area (Å²) in [7, 11) is 0. The smallest absolute Gasteiger partial charge is 0.344 e. The van der Waals surface area contributed by atoms with Gasteiger partial charge in [0.15, 0.2) is 19.8 Å². The second kappa shape index (κ2) is 18.1. The van der Waals surface area contributed by atoms with Gasteiger partial charge < -0.3 is 28.4 Å². The summed E-state index contributed by atoms with van der Waals surface area (Å²) in [6.07, 6.45) is 18.8. The van der Waals surface area contributed by atoms with E-state index in [0.29, 0.717) is 65.6 Å². The first-order valence-electron chi connectivity index (χ1n) is 27.9. The van der Waals surface area contributed by atoms with Crippen molar-refractivity contribution < 1.29 is 42.8 Å². The van der Waals surface area contributed by atoms with Crippen molar-refractivity contribution in [1.29, 1.82) is 0 Å². The van der Waals surface area contributed by atoms with Crippen molar-refractivity contribution in [3.63, 3.8) is 0 Å². The summed E-state index contributed by atoms with van der Waals surface area (Å²) < 4.78 is 39.0. The van der Waals surface area contributed by atoms with Crippen LogP contribution < -0.4 is 14.2 Å². The molecule has 3 aromatic rings. The van der Waals surface area contributed by atoms with E-state index in [-0.39, 0.29) is 37.7 Å². The number of ether oxygens (including phenoxy) is 6. The number of carbonyl (C=O) groups excluding carboxylic acids is 3. The molecule has 12 aliphatic rings. The number of esters is 3. The highest BCUT2D eigenvalue weighted by Crippen LogP contribution is 2.62. The number of aryl methyl sites for hydroxylation is 3. The van der Waals surface area contributed by atoms with Crippen LogP contribution in [0, 0.1) is 91.8 Å². The van der Waals surface area contributed by atoms with Crippen LogP contribution in [-0.4, -0.2) is 54.5 Å². The van der Waals surface area contributed by atoms with E-state index in [1.165, 1.54) is 19.3 Å². The van der Waals surface area contributed by atoms with E-state index in [4.69, 9.17) is 28.4 Å². The molecule has 15 rings (SSSR count). The van der Waals surface area contributed by atoms with Crippen LogP contribution in [0.1, 0.15) is 156 Å². The monoisotopic (exact) mass is 967 g/mol. The van der Waals surface area contributed by atoms with E-state index in [1.54, 1.807) is 0 Å². The van der Waals surface area contributed by atoms with Crippen LogP contribution in [0.3, 0.4) is 0 Å². The quantitative estimate of drug-likeness (QED) is 0.102. The van der Waals surface area contributed by atoms with E-state index in [0.717, 1.165) is 152 Å². The Morgan fingerprint density at radius 2 is 0.676 bits per heavy atom. The Kier molecular flexibility index (Phi) is 12.1. The molecule has 0 saturated heterocycles. The van der Waals surface area contributed by atoms with Crippen LogP contribution in [-0.2, 0) is 41.4 Å². The van der Waals surface area contributed by atoms with Crippen LogP contribution in [0.25, 0.3) is 0 Å². The molecule has 0 N–H and O–H groups in total. The average Bonchev–Trinajstić information content (AvgIpc) is 3.30. The first kappa shape index (κ1) is 47.5. The zero-order valence-corrected chi connectivity index (χ0v) is 43.4. The standard InChI is InChI=1S/C62H78O9/c1-35-7-9-54(66-32-56(63)69-60(4)48-18-38-15-39(20-48)21-49(60)19-38)44(11-35)30-46-13-37(3)14-47(59(46)68-34-58(65)71-62(6)52-26-42-17-43(28-52)29-53(62)27-42)31-45-12-36(2)8-10-55(45)67-33-57(64)70-61(5)50-22-40-16-41(24-50)25-51(61)23-40/h7-14,38-43,48-53H,15-34H2,1-6H3. The molecule has 380 valence electrons. The van der Waals surface area contributed by atoms with Gasteiger partial charge in [0.05, 0.1) is 0 Å². The summed E-state index contributed by atoms with van der Waals surface area (Å²) >= 11 is 0. The van der Waals surface area contributed by atoms with Gasteiger partial charge in [-0.1, -0.05) is 53.1 Å². The summed E-state index contributed by atoms with van der Waals surface area (Å²) in [4.78, 5) is 41.6. The molecule has 3 aromatic carbocycles. The fraction of sp³-hybridized carbons (Fsp3) is 0.661. The van der Waals surface area contributed by atoms with Gasteiger partial charge in [0.1, 0.15) is 34.1 Å². The van der Waals surface area contributed by atoms with Crippen LogP contribution in [0.4, 0.5) is 0 Å². The van der Waals surface area contributed by atoms with Crippen LogP contribution in [0.5, 0.6) is 17.2 Å². The van der Waals surface area contributed by atoms with Gasteiger partial charge >= 0.3 is 17.9 Å². The zero-order chi connectivity index (χ0) is 49.0. The van der Waals surface area contributed by atoms with Crippen molar-refractivity contribution in [3.05, 3.63) is 87.5 Å². The lowest BCUT2D eigenvalue weighted by atomic mass is 9.50. The summed E-state index contributed by atoms with van der Waals surface area (Å²) in [5, 5.41) is 0. The predicted molar refractivity (Wildman–Crippen MR) is 270 cm³/mol. The van der Waals surface area contributed by atoms with E-state index in [1.807, 2.05) is 24.3 Å². The van der Waals surface area contributed by atoms with Crippen molar-refractivity contribution in [3.8, 4) is 17.2 Å². The van der Waals surface area contributed by atoms with Crippen LogP contribution >= 0.6 is 0 Å². The summed E-state index contributed by atoms with van der Waals surface area (Å²) in [6.45, 7) is 12.2. The molecule has 9 nitrogen and oxygen atoms in total. The maximum Gasteiger partial charge on any atom is 0.344 e. The van der Waals surface area contributed by atoms with Crippen molar-refractivity contribution in [2.24, 2.45) is 71.0 Å². The minimum atomic E-state index is -0.474. The average molecular weight is 967 g/mol. The lowest BCUT2D eigenvalue weighted by Crippen LogP contribution is -2.58. The number of hydrogen-bond acceptors (Lipinski definition) is 9. The lowest BCUT2D eigenvalue weighted by Gasteiger charge is -2.59. The molecule has 0 atom stereocenters. The molecule has 71 heavy (non-hydrogen) atoms. The molecule has 0 aromatic heterocycles. The molecule has 0 radical (unpaired) electrons. The van der Waals surface area contributed by atoms with Gasteiger partial charge in [-0.2, -0.15) is 0 Å². The zero-order valence-electron chi connectivity index (χ0n) is 43.4. The topological polar surface area (TPSA) is 107 Å². The Morgan fingerprint density at radius 1 is 0.394 bits per heavy atom. The number of benzene rings is 3. The molecule has 0 amide bonds. The third-order valence-electron chi connectivity index (χ3n) is 20.9. The Bertz CT molecular complexity index is 2350. The van der Waals surface area contributed by atoms with E-state index >= 15 is 0 Å². The number of carbonyl (C=O) groups is 3. The first-order valence-corrected chi connectivity index (χ1v) is 27.9. The van der Waals surface area contributed by atoms with Crippen molar-refractivity contribution >= 4 is 17.9 Å². The van der Waals surface area contributed by atoms with Crippen molar-refractivity contribution in [2.45, 2.75) is 167 Å². The lowest BCUT2D eigenvalue weighted by molar-refractivity contribution is -0.205. The second-order valence-corrected chi connectivity index (χ2v) is 25.7. The minimum absolute atomic E-state index is 0.167. The molecule has 0 heterocycles. The Hall–Kier alpha value is -4.53. The normalized spacial score (nSPS) is 37.5. The highest BCUT2D eigenvalue weighted by atomic mass is 16.6. The van der Waals surface area contributed by atoms with Gasteiger partial charge in [0, 0.05) is 12.8 Å². The third-order valence-corrected chi connectivity index (χ3v) is 20.9. The molecule has 12 aliphatic carbocycles. The minimum Gasteiger partial charge on any atom is -0.482 e. The maximum absolute atomic E-state index is 14.1. The van der Waals surface area contributed by atoms with Crippen molar-refractivity contribution in [1.82, 2.24) is 0 Å². The van der Waals surface area contributed by atoms with Gasteiger partial charge in [-0.3, -0.25) is 0 Å². The van der Waals surface area contributed by atoms with Gasteiger partial charge in [0.25, 0.3) is 0 Å². The number of hydrogen-bond donors (Lipinski definition) is 0. The van der Waals surface area contributed by atoms with E-state index in [2.05, 4.69) is 65.8 Å². The SMILES string of the molecule is Cc1ccc(OCC(=O)OC2(C)C3CC4CC(C3)CC2C4)c(Cc2cc(C)cc(Cc3cc(C)ccc3OCC(=O)OC3(C)C4CC5CC(C4)CC3C5)c2OCC(=O)OC2(C)C3CC4CC(C3)CC2C4)c1. The molecule has 12 saturated carbocycles. The molecule has 0 spiro atoms.